The molecule has 4 amide bonds. The van der Waals surface area contributed by atoms with E-state index in [-0.39, 0.29) is 35.8 Å². The summed E-state index contributed by atoms with van der Waals surface area (Å²) in [5, 5.41) is 10.8. The molecule has 0 spiro atoms. The number of fused-ring (bicyclic) bond motifs is 4. The van der Waals surface area contributed by atoms with Crippen LogP contribution in [-0.4, -0.2) is 81.5 Å². The maximum atomic E-state index is 14.8. The van der Waals surface area contributed by atoms with Crippen molar-refractivity contribution >= 4 is 34.4 Å². The Morgan fingerprint density at radius 1 is 1.05 bits per heavy atom. The Kier molecular flexibility index (Phi) is 9.07. The van der Waals surface area contributed by atoms with Crippen LogP contribution in [0, 0.1) is 11.7 Å². The largest absolute Gasteiger partial charge is 0.355 e. The van der Waals surface area contributed by atoms with E-state index >= 15 is 0 Å². The van der Waals surface area contributed by atoms with Gasteiger partial charge in [-0.2, -0.15) is 5.10 Å². The smallest absolute Gasteiger partial charge is 0.275 e. The first-order valence-electron chi connectivity index (χ1n) is 15.0. The van der Waals surface area contributed by atoms with Gasteiger partial charge in [0.1, 0.15) is 11.9 Å². The van der Waals surface area contributed by atoms with Gasteiger partial charge in [0, 0.05) is 38.1 Å². The lowest BCUT2D eigenvalue weighted by Crippen LogP contribution is -2.55. The van der Waals surface area contributed by atoms with Gasteiger partial charge in [-0.3, -0.25) is 24.0 Å². The minimum atomic E-state index is -0.802. The summed E-state index contributed by atoms with van der Waals surface area (Å²) in [7, 11) is 1.46. The normalized spacial score (nSPS) is 20.3. The van der Waals surface area contributed by atoms with Crippen molar-refractivity contribution < 1.29 is 23.6 Å². The van der Waals surface area contributed by atoms with Gasteiger partial charge in [-0.25, -0.2) is 9.07 Å². The van der Waals surface area contributed by atoms with Crippen molar-refractivity contribution in [2.24, 2.45) is 13.0 Å². The molecule has 232 valence electrons. The molecule has 1 aromatic heterocycles. The molecule has 0 aliphatic carbocycles. The van der Waals surface area contributed by atoms with Crippen LogP contribution in [0.4, 0.5) is 4.39 Å². The molecule has 2 aliphatic rings. The molecule has 11 nitrogen and oxygen atoms in total. The molecule has 0 radical (unpaired) electrons. The van der Waals surface area contributed by atoms with Crippen LogP contribution in [-0.2, 0) is 23.1 Å². The number of carbonyl (C=O) groups excluding carboxylic acids is 4. The first-order valence-corrected chi connectivity index (χ1v) is 15.0. The van der Waals surface area contributed by atoms with Crippen molar-refractivity contribution in [2.45, 2.75) is 51.6 Å². The van der Waals surface area contributed by atoms with Crippen LogP contribution in [0.3, 0.4) is 0 Å². The molecule has 5 rings (SSSR count). The molecular weight excluding hydrogens is 567 g/mol. The van der Waals surface area contributed by atoms with Crippen LogP contribution in [0.1, 0.15) is 59.5 Å². The predicted molar refractivity (Wildman–Crippen MR) is 161 cm³/mol. The summed E-state index contributed by atoms with van der Waals surface area (Å²) in [6.07, 6.45) is 2.01. The van der Waals surface area contributed by atoms with E-state index < -0.39 is 41.5 Å². The highest BCUT2D eigenvalue weighted by Crippen LogP contribution is 2.24. The number of hydrogen-bond acceptors (Lipinski definition) is 6. The highest BCUT2D eigenvalue weighted by molar-refractivity contribution is 6.05. The van der Waals surface area contributed by atoms with Crippen molar-refractivity contribution in [1.29, 1.82) is 0 Å². The number of hydrogen-bond donors (Lipinski definition) is 2. The van der Waals surface area contributed by atoms with Crippen LogP contribution in [0.15, 0.2) is 47.3 Å². The topological polar surface area (TPSA) is 134 Å². The second kappa shape index (κ2) is 12.9. The second-order valence-corrected chi connectivity index (χ2v) is 11.8. The Morgan fingerprint density at radius 2 is 1.80 bits per heavy atom. The highest BCUT2D eigenvalue weighted by atomic mass is 19.1. The van der Waals surface area contributed by atoms with Crippen molar-refractivity contribution in [3.8, 4) is 0 Å². The molecule has 1 fully saturated rings. The number of benzene rings is 2. The fourth-order valence-electron chi connectivity index (χ4n) is 5.84. The summed E-state index contributed by atoms with van der Waals surface area (Å²) in [5.74, 6) is -2.71. The summed E-state index contributed by atoms with van der Waals surface area (Å²) in [4.78, 5) is 69.8. The van der Waals surface area contributed by atoms with Crippen molar-refractivity contribution in [3.63, 3.8) is 0 Å². The summed E-state index contributed by atoms with van der Waals surface area (Å²) < 4.78 is 15.9. The predicted octanol–water partition coefficient (Wildman–Crippen LogP) is 2.02. The monoisotopic (exact) mass is 604 g/mol. The van der Waals surface area contributed by atoms with Gasteiger partial charge < -0.3 is 20.4 Å². The van der Waals surface area contributed by atoms with Crippen molar-refractivity contribution in [3.05, 3.63) is 75.5 Å². The maximum Gasteiger partial charge on any atom is 0.275 e. The minimum Gasteiger partial charge on any atom is -0.355 e. The number of nitrogens with zero attached hydrogens (tertiary/aromatic N) is 4. The maximum absolute atomic E-state index is 14.8. The average molecular weight is 605 g/mol. The molecule has 0 saturated carbocycles. The molecule has 2 bridgehead atoms. The Hall–Kier alpha value is -4.61. The van der Waals surface area contributed by atoms with E-state index in [1.165, 1.54) is 29.0 Å². The molecule has 2 aromatic carbocycles. The molecule has 1 saturated heterocycles. The molecule has 3 heterocycles. The van der Waals surface area contributed by atoms with E-state index in [2.05, 4.69) is 15.7 Å². The number of carbonyl (C=O) groups is 4. The van der Waals surface area contributed by atoms with E-state index in [4.69, 9.17) is 0 Å². The van der Waals surface area contributed by atoms with Crippen molar-refractivity contribution in [1.82, 2.24) is 30.2 Å². The Labute approximate surface area is 254 Å². The molecule has 0 unspecified atom stereocenters. The second-order valence-electron chi connectivity index (χ2n) is 11.8. The standard InChI is InChI=1S/C32H37FN6O5/c1-19(2)25-17-38(32(44)28-21-9-4-5-10-22(21)30(42)37(3)36-28)18-27(40)34-14-6-8-20-12-13-24(33)23(16-20)31(43)39-15-7-11-26(39)29(41)35-25/h4-5,9-10,12-13,16,19,25-26H,6-8,11,14-15,17-18H2,1-3H3,(H,34,40)(H,35,41)/t25-,26-/m0/s1. The number of halogens is 1. The first kappa shape index (κ1) is 30.8. The van der Waals surface area contributed by atoms with E-state index in [9.17, 15) is 28.4 Å². The first-order chi connectivity index (χ1) is 21.0. The van der Waals surface area contributed by atoms with Gasteiger partial charge in [0.05, 0.1) is 17.5 Å². The molecule has 44 heavy (non-hydrogen) atoms. The lowest BCUT2D eigenvalue weighted by molar-refractivity contribution is -0.126. The third-order valence-electron chi connectivity index (χ3n) is 8.37. The SMILES string of the molecule is CC(C)[C@@H]1CN(C(=O)c2nn(C)c(=O)c3ccccc23)CC(=O)NCCCc2ccc(F)c(c2)C(=O)N2CCC[C@H]2C(=O)N1. The summed E-state index contributed by atoms with van der Waals surface area (Å²) in [6, 6.07) is 9.66. The lowest BCUT2D eigenvalue weighted by atomic mass is 10.0. The van der Waals surface area contributed by atoms with Gasteiger partial charge in [-0.05, 0) is 55.4 Å². The van der Waals surface area contributed by atoms with Crippen LogP contribution < -0.4 is 16.2 Å². The molecular formula is C32H37FN6O5. The Bertz CT molecular complexity index is 1670. The van der Waals surface area contributed by atoms with Gasteiger partial charge in [0.2, 0.25) is 11.8 Å². The zero-order valence-electron chi connectivity index (χ0n) is 25.1. The molecule has 3 aromatic rings. The Balaban J connectivity index is 1.50. The summed E-state index contributed by atoms with van der Waals surface area (Å²) in [5.41, 5.74) is 0.318. The zero-order chi connectivity index (χ0) is 31.5. The third kappa shape index (κ3) is 6.34. The van der Waals surface area contributed by atoms with Gasteiger partial charge in [0.25, 0.3) is 17.4 Å². The number of aromatic nitrogens is 2. The number of aryl methyl sites for hydroxylation is 2. The average Bonchev–Trinajstić information content (AvgIpc) is 3.50. The molecule has 2 N–H and O–H groups in total. The van der Waals surface area contributed by atoms with E-state index in [0.717, 1.165) is 10.2 Å². The Morgan fingerprint density at radius 3 is 2.55 bits per heavy atom. The highest BCUT2D eigenvalue weighted by Gasteiger charge is 2.37. The summed E-state index contributed by atoms with van der Waals surface area (Å²) in [6.45, 7) is 4.06. The quantitative estimate of drug-likeness (QED) is 0.460. The molecule has 12 heteroatoms. The van der Waals surface area contributed by atoms with Crippen molar-refractivity contribution in [2.75, 3.05) is 26.2 Å². The van der Waals surface area contributed by atoms with Crippen LogP contribution >= 0.6 is 0 Å². The number of amides is 4. The van der Waals surface area contributed by atoms with Gasteiger partial charge in [-0.1, -0.05) is 38.1 Å². The summed E-state index contributed by atoms with van der Waals surface area (Å²) >= 11 is 0. The minimum absolute atomic E-state index is 0.0177. The van der Waals surface area contributed by atoms with Crippen LogP contribution in [0.5, 0.6) is 0 Å². The molecule has 2 aliphatic heterocycles. The third-order valence-corrected chi connectivity index (χ3v) is 8.37. The van der Waals surface area contributed by atoms with Gasteiger partial charge in [0.15, 0.2) is 5.69 Å². The van der Waals surface area contributed by atoms with Gasteiger partial charge in [-0.15, -0.1) is 0 Å². The van der Waals surface area contributed by atoms with E-state index in [1.54, 1.807) is 30.3 Å². The fourth-order valence-corrected chi connectivity index (χ4v) is 5.84. The van der Waals surface area contributed by atoms with E-state index in [0.29, 0.717) is 49.5 Å². The van der Waals surface area contributed by atoms with E-state index in [1.807, 2.05) is 13.8 Å². The zero-order valence-corrected chi connectivity index (χ0v) is 25.1. The fraction of sp³-hybridized carbons (Fsp3) is 0.438. The number of rotatable bonds is 2. The lowest BCUT2D eigenvalue weighted by Gasteiger charge is -2.32. The molecule has 2 atom stereocenters. The number of nitrogens with one attached hydrogen (secondary N) is 2. The van der Waals surface area contributed by atoms with Gasteiger partial charge >= 0.3 is 0 Å². The van der Waals surface area contributed by atoms with Crippen LogP contribution in [0.25, 0.3) is 10.8 Å². The van der Waals surface area contributed by atoms with Crippen LogP contribution in [0.2, 0.25) is 0 Å².